The lowest BCUT2D eigenvalue weighted by molar-refractivity contribution is 0.254. The molecule has 132 valence electrons. The summed E-state index contributed by atoms with van der Waals surface area (Å²) in [4.78, 5) is 10.9. The van der Waals surface area contributed by atoms with Crippen molar-refractivity contribution >= 4 is 38.3 Å². The molecule has 0 unspecified atom stereocenters. The van der Waals surface area contributed by atoms with Crippen LogP contribution in [0.2, 0.25) is 0 Å². The predicted molar refractivity (Wildman–Crippen MR) is 106 cm³/mol. The summed E-state index contributed by atoms with van der Waals surface area (Å²) in [5.41, 5.74) is 2.00. The van der Waals surface area contributed by atoms with Crippen LogP contribution in [0.25, 0.3) is 10.9 Å². The van der Waals surface area contributed by atoms with Gasteiger partial charge in [-0.1, -0.05) is 22.0 Å². The van der Waals surface area contributed by atoms with Gasteiger partial charge in [-0.2, -0.15) is 5.26 Å². The number of ether oxygens (including phenoxy) is 1. The number of benzene rings is 1. The minimum atomic E-state index is 0.461. The van der Waals surface area contributed by atoms with E-state index in [1.54, 1.807) is 12.3 Å². The highest BCUT2D eigenvalue weighted by atomic mass is 79.9. The van der Waals surface area contributed by atoms with Gasteiger partial charge in [-0.3, -0.25) is 0 Å². The van der Waals surface area contributed by atoms with Crippen LogP contribution in [0.3, 0.4) is 0 Å². The fraction of sp³-hybridized carbons (Fsp3) is 0.211. The first-order valence-corrected chi connectivity index (χ1v) is 8.85. The second-order valence-electron chi connectivity index (χ2n) is 6.00. The summed E-state index contributed by atoms with van der Waals surface area (Å²) in [6.07, 6.45) is 1.66. The summed E-state index contributed by atoms with van der Waals surface area (Å²) in [5.74, 6) is 1.03. The van der Waals surface area contributed by atoms with Crippen molar-refractivity contribution in [1.29, 1.82) is 5.26 Å². The SMILES string of the molecule is CN(C)CCOc1cc2cc(C#N)c(Nc3cccc(Br)c3)nc2cn1. The van der Waals surface area contributed by atoms with Gasteiger partial charge in [-0.05, 0) is 38.4 Å². The van der Waals surface area contributed by atoms with Crippen molar-refractivity contribution < 1.29 is 4.74 Å². The molecule has 1 aromatic carbocycles. The van der Waals surface area contributed by atoms with Gasteiger partial charge in [0.2, 0.25) is 5.88 Å². The Balaban J connectivity index is 1.88. The van der Waals surface area contributed by atoms with Gasteiger partial charge in [-0.15, -0.1) is 0 Å². The van der Waals surface area contributed by atoms with Crippen molar-refractivity contribution in [3.63, 3.8) is 0 Å². The third-order valence-electron chi connectivity index (χ3n) is 3.67. The second kappa shape index (κ2) is 8.13. The lowest BCUT2D eigenvalue weighted by Gasteiger charge is -2.12. The molecule has 0 amide bonds. The van der Waals surface area contributed by atoms with Gasteiger partial charge in [-0.25, -0.2) is 9.97 Å². The summed E-state index contributed by atoms with van der Waals surface area (Å²) >= 11 is 3.44. The Labute approximate surface area is 160 Å². The molecule has 0 radical (unpaired) electrons. The molecule has 0 atom stereocenters. The number of halogens is 1. The van der Waals surface area contributed by atoms with Crippen molar-refractivity contribution in [2.24, 2.45) is 0 Å². The van der Waals surface area contributed by atoms with E-state index in [4.69, 9.17) is 4.74 Å². The minimum Gasteiger partial charge on any atom is -0.476 e. The lowest BCUT2D eigenvalue weighted by Crippen LogP contribution is -2.19. The Hall–Kier alpha value is -2.69. The van der Waals surface area contributed by atoms with E-state index in [9.17, 15) is 5.26 Å². The monoisotopic (exact) mass is 411 g/mol. The number of hydrogen-bond acceptors (Lipinski definition) is 6. The van der Waals surface area contributed by atoms with Crippen LogP contribution in [-0.2, 0) is 0 Å². The van der Waals surface area contributed by atoms with Gasteiger partial charge in [0.05, 0.1) is 17.3 Å². The first-order chi connectivity index (χ1) is 12.5. The van der Waals surface area contributed by atoms with E-state index in [0.717, 1.165) is 22.1 Å². The van der Waals surface area contributed by atoms with E-state index < -0.39 is 0 Å². The molecule has 7 heteroatoms. The predicted octanol–water partition coefficient (Wildman–Crippen LogP) is 3.95. The molecule has 0 bridgehead atoms. The Kier molecular flexibility index (Phi) is 5.66. The van der Waals surface area contributed by atoms with Gasteiger partial charge < -0.3 is 15.0 Å². The number of pyridine rings is 2. The number of nitrogens with one attached hydrogen (secondary N) is 1. The summed E-state index contributed by atoms with van der Waals surface area (Å²) < 4.78 is 6.60. The second-order valence-corrected chi connectivity index (χ2v) is 6.91. The minimum absolute atomic E-state index is 0.461. The van der Waals surface area contributed by atoms with Crippen LogP contribution >= 0.6 is 15.9 Å². The smallest absolute Gasteiger partial charge is 0.213 e. The molecular weight excluding hydrogens is 394 g/mol. The summed E-state index contributed by atoms with van der Waals surface area (Å²) in [6, 6.07) is 13.5. The number of anilines is 2. The van der Waals surface area contributed by atoms with Crippen molar-refractivity contribution in [3.05, 3.63) is 52.6 Å². The topological polar surface area (TPSA) is 74.1 Å². The van der Waals surface area contributed by atoms with E-state index in [1.165, 1.54) is 0 Å². The molecular formula is C19H18BrN5O. The Morgan fingerprint density at radius 3 is 2.85 bits per heavy atom. The highest BCUT2D eigenvalue weighted by Gasteiger charge is 2.09. The Morgan fingerprint density at radius 2 is 2.12 bits per heavy atom. The largest absolute Gasteiger partial charge is 0.476 e. The zero-order chi connectivity index (χ0) is 18.5. The molecule has 1 N–H and O–H groups in total. The first kappa shape index (κ1) is 18.1. The maximum absolute atomic E-state index is 9.49. The number of rotatable bonds is 6. The lowest BCUT2D eigenvalue weighted by atomic mass is 10.2. The van der Waals surface area contributed by atoms with Crippen LogP contribution < -0.4 is 10.1 Å². The van der Waals surface area contributed by atoms with Crippen molar-refractivity contribution in [2.45, 2.75) is 0 Å². The molecule has 2 heterocycles. The van der Waals surface area contributed by atoms with Gasteiger partial charge in [0.1, 0.15) is 18.5 Å². The fourth-order valence-electron chi connectivity index (χ4n) is 2.35. The summed E-state index contributed by atoms with van der Waals surface area (Å²) in [7, 11) is 3.97. The molecule has 26 heavy (non-hydrogen) atoms. The molecule has 2 aromatic heterocycles. The van der Waals surface area contributed by atoms with E-state index in [1.807, 2.05) is 49.3 Å². The highest BCUT2D eigenvalue weighted by molar-refractivity contribution is 9.10. The standard InChI is InChI=1S/C19H18BrN5O/c1-25(2)6-7-26-18-9-13-8-14(11-21)19(24-17(13)12-22-18)23-16-5-3-4-15(20)10-16/h3-5,8-10,12H,6-7H2,1-2H3,(H,23,24). The summed E-state index contributed by atoms with van der Waals surface area (Å²) in [5, 5.41) is 13.5. The number of fused-ring (bicyclic) bond motifs is 1. The highest BCUT2D eigenvalue weighted by Crippen LogP contribution is 2.26. The van der Waals surface area contributed by atoms with E-state index in [-0.39, 0.29) is 0 Å². The van der Waals surface area contributed by atoms with Crippen molar-refractivity contribution in [3.8, 4) is 11.9 Å². The van der Waals surface area contributed by atoms with Crippen LogP contribution in [0.15, 0.2) is 47.1 Å². The number of hydrogen-bond donors (Lipinski definition) is 1. The third kappa shape index (κ3) is 4.48. The first-order valence-electron chi connectivity index (χ1n) is 8.06. The van der Waals surface area contributed by atoms with Gasteiger partial charge in [0.25, 0.3) is 0 Å². The maximum atomic E-state index is 9.49. The van der Waals surface area contributed by atoms with E-state index in [2.05, 4.69) is 37.3 Å². The molecule has 0 aliphatic heterocycles. The number of likely N-dealkylation sites (N-methyl/N-ethyl adjacent to an activating group) is 1. The van der Waals surface area contributed by atoms with Crippen molar-refractivity contribution in [2.75, 3.05) is 32.6 Å². The molecule has 0 spiro atoms. The number of aromatic nitrogens is 2. The Morgan fingerprint density at radius 1 is 1.27 bits per heavy atom. The normalized spacial score (nSPS) is 10.7. The number of nitriles is 1. The molecule has 0 saturated carbocycles. The maximum Gasteiger partial charge on any atom is 0.213 e. The van der Waals surface area contributed by atoms with Gasteiger partial charge >= 0.3 is 0 Å². The molecule has 3 rings (SSSR count). The average molecular weight is 412 g/mol. The molecule has 0 aliphatic rings. The van der Waals surface area contributed by atoms with Gasteiger partial charge in [0.15, 0.2) is 0 Å². The molecule has 0 fully saturated rings. The Bertz CT molecular complexity index is 968. The molecule has 3 aromatic rings. The molecule has 6 nitrogen and oxygen atoms in total. The zero-order valence-corrected chi connectivity index (χ0v) is 16.1. The zero-order valence-electron chi connectivity index (χ0n) is 14.5. The quantitative estimate of drug-likeness (QED) is 0.661. The third-order valence-corrected chi connectivity index (χ3v) is 4.17. The fourth-order valence-corrected chi connectivity index (χ4v) is 2.75. The van der Waals surface area contributed by atoms with Crippen LogP contribution in [-0.4, -0.2) is 42.1 Å². The van der Waals surface area contributed by atoms with Crippen LogP contribution in [0, 0.1) is 11.3 Å². The summed E-state index contributed by atoms with van der Waals surface area (Å²) in [6.45, 7) is 1.35. The van der Waals surface area contributed by atoms with Gasteiger partial charge in [0, 0.05) is 28.2 Å². The molecule has 0 saturated heterocycles. The molecule has 0 aliphatic carbocycles. The van der Waals surface area contributed by atoms with Crippen LogP contribution in [0.1, 0.15) is 5.56 Å². The van der Waals surface area contributed by atoms with E-state index >= 15 is 0 Å². The number of nitrogens with zero attached hydrogens (tertiary/aromatic N) is 4. The van der Waals surface area contributed by atoms with Crippen LogP contribution in [0.5, 0.6) is 5.88 Å². The van der Waals surface area contributed by atoms with Crippen LogP contribution in [0.4, 0.5) is 11.5 Å². The average Bonchev–Trinajstić information content (AvgIpc) is 2.61. The van der Waals surface area contributed by atoms with E-state index in [0.29, 0.717) is 29.4 Å². The van der Waals surface area contributed by atoms with Crippen molar-refractivity contribution in [1.82, 2.24) is 14.9 Å².